The van der Waals surface area contributed by atoms with Gasteiger partial charge in [0.05, 0.1) is 13.3 Å². The topological polar surface area (TPSA) is 53.4 Å². The largest absolute Gasteiger partial charge is 0.493 e. The smallest absolute Gasteiger partial charge is 0.216 e. The van der Waals surface area contributed by atoms with Crippen molar-refractivity contribution in [3.8, 4) is 5.75 Å². The molecule has 21 heavy (non-hydrogen) atoms. The molecule has 0 amide bonds. The third-order valence-electron chi connectivity index (χ3n) is 4.76. The van der Waals surface area contributed by atoms with Crippen molar-refractivity contribution in [1.29, 1.82) is 0 Å². The monoisotopic (exact) mass is 294 g/mol. The molecule has 0 aromatic carbocycles. The lowest BCUT2D eigenvalue weighted by Crippen LogP contribution is -2.46. The van der Waals surface area contributed by atoms with E-state index >= 15 is 0 Å². The van der Waals surface area contributed by atoms with Crippen LogP contribution in [-0.4, -0.2) is 35.4 Å². The number of Topliss-reactive ketones (excluding diaryl/α,β-unsaturated/α-hetero) is 1. The minimum atomic E-state index is -0.740. The van der Waals surface area contributed by atoms with Crippen LogP contribution in [0, 0.1) is 5.41 Å². The van der Waals surface area contributed by atoms with Crippen LogP contribution in [0.1, 0.15) is 56.9 Å². The van der Waals surface area contributed by atoms with Gasteiger partial charge in [-0.05, 0) is 38.0 Å². The Morgan fingerprint density at radius 2 is 1.90 bits per heavy atom. The summed E-state index contributed by atoms with van der Waals surface area (Å²) in [6.07, 6.45) is 5.05. The SMILES string of the molecule is CCn1ncc(OC)c1C(=O)C1(OC)CCC(C)(C)CC1. The van der Waals surface area contributed by atoms with Crippen LogP contribution in [0.3, 0.4) is 0 Å². The maximum Gasteiger partial charge on any atom is 0.216 e. The number of aromatic nitrogens is 2. The maximum atomic E-state index is 13.1. The Kier molecular flexibility index (Phi) is 4.42. The molecule has 0 aliphatic heterocycles. The highest BCUT2D eigenvalue weighted by Crippen LogP contribution is 2.44. The Labute approximate surface area is 126 Å². The summed E-state index contributed by atoms with van der Waals surface area (Å²) in [7, 11) is 3.20. The van der Waals surface area contributed by atoms with Crippen molar-refractivity contribution in [2.45, 2.75) is 58.6 Å². The van der Waals surface area contributed by atoms with E-state index in [1.807, 2.05) is 6.92 Å². The number of aryl methyl sites for hydroxylation is 1. The van der Waals surface area contributed by atoms with E-state index < -0.39 is 5.60 Å². The zero-order valence-electron chi connectivity index (χ0n) is 13.7. The molecule has 1 aromatic heterocycles. The van der Waals surface area contributed by atoms with Gasteiger partial charge in [0.15, 0.2) is 5.75 Å². The average molecular weight is 294 g/mol. The molecule has 0 radical (unpaired) electrons. The van der Waals surface area contributed by atoms with Gasteiger partial charge in [-0.2, -0.15) is 5.10 Å². The zero-order valence-corrected chi connectivity index (χ0v) is 13.7. The fourth-order valence-corrected chi connectivity index (χ4v) is 3.06. The normalized spacial score (nSPS) is 20.2. The molecule has 1 heterocycles. The molecule has 2 rings (SSSR count). The van der Waals surface area contributed by atoms with Crippen molar-refractivity contribution in [2.75, 3.05) is 14.2 Å². The van der Waals surface area contributed by atoms with Gasteiger partial charge in [-0.3, -0.25) is 9.48 Å². The number of hydrogen-bond acceptors (Lipinski definition) is 4. The Hall–Kier alpha value is -1.36. The summed E-state index contributed by atoms with van der Waals surface area (Å²) in [4.78, 5) is 13.1. The van der Waals surface area contributed by atoms with E-state index in [1.165, 1.54) is 0 Å². The van der Waals surface area contributed by atoms with Gasteiger partial charge >= 0.3 is 0 Å². The minimum Gasteiger partial charge on any atom is -0.493 e. The molecule has 0 N–H and O–H groups in total. The lowest BCUT2D eigenvalue weighted by Gasteiger charge is -2.41. The van der Waals surface area contributed by atoms with E-state index in [0.717, 1.165) is 25.7 Å². The van der Waals surface area contributed by atoms with E-state index in [1.54, 1.807) is 25.1 Å². The summed E-state index contributed by atoms with van der Waals surface area (Å²) in [6, 6.07) is 0. The van der Waals surface area contributed by atoms with Crippen molar-refractivity contribution >= 4 is 5.78 Å². The maximum absolute atomic E-state index is 13.1. The van der Waals surface area contributed by atoms with Crippen LogP contribution >= 0.6 is 0 Å². The molecule has 0 unspecified atom stereocenters. The molecule has 1 aliphatic carbocycles. The highest BCUT2D eigenvalue weighted by Gasteiger charge is 2.46. The van der Waals surface area contributed by atoms with Crippen molar-refractivity contribution in [1.82, 2.24) is 9.78 Å². The first kappa shape index (κ1) is 16.0. The van der Waals surface area contributed by atoms with E-state index in [2.05, 4.69) is 18.9 Å². The molecule has 1 fully saturated rings. The summed E-state index contributed by atoms with van der Waals surface area (Å²) in [5.74, 6) is 0.528. The van der Waals surface area contributed by atoms with Crippen molar-refractivity contribution in [2.24, 2.45) is 5.41 Å². The number of rotatable bonds is 5. The molecule has 0 spiro atoms. The number of nitrogens with zero attached hydrogens (tertiary/aromatic N) is 2. The van der Waals surface area contributed by atoms with Gasteiger partial charge in [-0.15, -0.1) is 0 Å². The first-order chi connectivity index (χ1) is 9.89. The molecule has 0 saturated heterocycles. The van der Waals surface area contributed by atoms with Gasteiger partial charge in [0.25, 0.3) is 0 Å². The van der Waals surface area contributed by atoms with Gasteiger partial charge in [-0.25, -0.2) is 0 Å². The molecule has 1 aromatic rings. The van der Waals surface area contributed by atoms with Gasteiger partial charge < -0.3 is 9.47 Å². The third-order valence-corrected chi connectivity index (χ3v) is 4.76. The van der Waals surface area contributed by atoms with Gasteiger partial charge in [0.2, 0.25) is 5.78 Å². The van der Waals surface area contributed by atoms with Crippen LogP contribution in [0.2, 0.25) is 0 Å². The third kappa shape index (κ3) is 2.84. The van der Waals surface area contributed by atoms with Crippen LogP contribution in [-0.2, 0) is 11.3 Å². The predicted octanol–water partition coefficient (Wildman–Crippen LogP) is 3.08. The Morgan fingerprint density at radius 3 is 2.38 bits per heavy atom. The second-order valence-corrected chi connectivity index (χ2v) is 6.57. The lowest BCUT2D eigenvalue weighted by molar-refractivity contribution is -0.0390. The Bertz CT molecular complexity index is 488. The molecule has 1 aliphatic rings. The van der Waals surface area contributed by atoms with E-state index in [4.69, 9.17) is 9.47 Å². The average Bonchev–Trinajstić information content (AvgIpc) is 2.90. The molecular formula is C16H26N2O3. The van der Waals surface area contributed by atoms with Gasteiger partial charge in [-0.1, -0.05) is 13.8 Å². The first-order valence-corrected chi connectivity index (χ1v) is 7.59. The number of carbonyl (C=O) groups is 1. The standard InChI is InChI=1S/C16H26N2O3/c1-6-18-13(12(20-4)11-17-18)14(19)16(21-5)9-7-15(2,3)8-10-16/h11H,6-10H2,1-5H3. The summed E-state index contributed by atoms with van der Waals surface area (Å²) in [5, 5.41) is 4.23. The fourth-order valence-electron chi connectivity index (χ4n) is 3.06. The van der Waals surface area contributed by atoms with Gasteiger partial charge in [0.1, 0.15) is 11.3 Å². The number of ketones is 1. The molecule has 1 saturated carbocycles. The van der Waals surface area contributed by atoms with Crippen molar-refractivity contribution in [3.63, 3.8) is 0 Å². The summed E-state index contributed by atoms with van der Waals surface area (Å²) >= 11 is 0. The lowest BCUT2D eigenvalue weighted by atomic mass is 9.69. The Balaban J connectivity index is 2.35. The summed E-state index contributed by atoms with van der Waals surface area (Å²) < 4.78 is 12.7. The highest BCUT2D eigenvalue weighted by molar-refractivity contribution is 6.03. The van der Waals surface area contributed by atoms with Crippen molar-refractivity contribution < 1.29 is 14.3 Å². The minimum absolute atomic E-state index is 0.00306. The fraction of sp³-hybridized carbons (Fsp3) is 0.750. The van der Waals surface area contributed by atoms with E-state index in [-0.39, 0.29) is 11.2 Å². The highest BCUT2D eigenvalue weighted by atomic mass is 16.5. The zero-order chi connectivity index (χ0) is 15.7. The summed E-state index contributed by atoms with van der Waals surface area (Å²) in [5.41, 5.74) is 0.0641. The van der Waals surface area contributed by atoms with E-state index in [9.17, 15) is 4.79 Å². The van der Waals surface area contributed by atoms with E-state index in [0.29, 0.717) is 18.0 Å². The number of ether oxygens (including phenoxy) is 2. The number of methoxy groups -OCH3 is 2. The molecule has 0 bridgehead atoms. The number of hydrogen-bond donors (Lipinski definition) is 0. The van der Waals surface area contributed by atoms with Crippen LogP contribution in [0.25, 0.3) is 0 Å². The van der Waals surface area contributed by atoms with Crippen molar-refractivity contribution in [3.05, 3.63) is 11.9 Å². The van der Waals surface area contributed by atoms with Gasteiger partial charge in [0, 0.05) is 13.7 Å². The van der Waals surface area contributed by atoms with Crippen LogP contribution in [0.4, 0.5) is 0 Å². The first-order valence-electron chi connectivity index (χ1n) is 7.59. The molecule has 0 atom stereocenters. The molecule has 118 valence electrons. The summed E-state index contributed by atoms with van der Waals surface area (Å²) in [6.45, 7) is 7.09. The number of carbonyl (C=O) groups excluding carboxylic acids is 1. The molecule has 5 nitrogen and oxygen atoms in total. The van der Waals surface area contributed by atoms with Crippen LogP contribution in [0.5, 0.6) is 5.75 Å². The quantitative estimate of drug-likeness (QED) is 0.783. The predicted molar refractivity (Wildman–Crippen MR) is 80.8 cm³/mol. The van der Waals surface area contributed by atoms with Crippen LogP contribution in [0.15, 0.2) is 6.20 Å². The van der Waals surface area contributed by atoms with Crippen LogP contribution < -0.4 is 4.74 Å². The molecular weight excluding hydrogens is 268 g/mol. The molecule has 5 heteroatoms. The second-order valence-electron chi connectivity index (χ2n) is 6.57. The second kappa shape index (κ2) is 5.79. The Morgan fingerprint density at radius 1 is 1.29 bits per heavy atom.